The summed E-state index contributed by atoms with van der Waals surface area (Å²) in [5, 5.41) is 14.0. The number of hydrogen-bond acceptors (Lipinski definition) is 4. The number of rotatable bonds is 15. The monoisotopic (exact) mass is 1550 g/mol. The lowest BCUT2D eigenvalue weighted by Crippen LogP contribution is -2.22. The van der Waals surface area contributed by atoms with Crippen LogP contribution in [0.3, 0.4) is 0 Å². The second-order valence-corrected chi connectivity index (χ2v) is 36.5. The smallest absolute Gasteiger partial charge is 0.137 e. The summed E-state index contributed by atoms with van der Waals surface area (Å²) >= 11 is 0. The molecule has 4 nitrogen and oxygen atoms in total. The van der Waals surface area contributed by atoms with Crippen LogP contribution in [-0.2, 0) is 28.1 Å². The van der Waals surface area contributed by atoms with Crippen molar-refractivity contribution in [2.75, 3.05) is 9.80 Å². The zero-order valence-electron chi connectivity index (χ0n) is 70.1. The molecule has 0 radical (unpaired) electrons. The SMILES string of the molecule is CC(C)(C)c1cc(-c2cccc3cccc(-c4ccccc4N(c4cccc(-c5cccc6cc(CC(C)(C)c7cc(-c8cccc9cccc(-c%10ccccc%10N(c%10ccc(-c%11cccc%12ccccc%11%12)cc%10)c%10cccc%11oc%12ccccc%12c%10%11)c89)cc(C(C)(C)C)c7)ccc56)c4)c4cccc5oc6ccccc6c45)c23)cc(C(C)(C)C)c1. The maximum absolute atomic E-state index is 6.73. The maximum atomic E-state index is 6.73. The van der Waals surface area contributed by atoms with E-state index in [4.69, 9.17) is 8.83 Å². The van der Waals surface area contributed by atoms with Crippen molar-refractivity contribution in [3.05, 3.63) is 398 Å². The van der Waals surface area contributed by atoms with Gasteiger partial charge in [-0.1, -0.05) is 373 Å². The zero-order chi connectivity index (χ0) is 81.9. The number of benzene rings is 18. The molecule has 0 aliphatic carbocycles. The van der Waals surface area contributed by atoms with Gasteiger partial charge in [-0.3, -0.25) is 0 Å². The molecule has 0 amide bonds. The highest BCUT2D eigenvalue weighted by atomic mass is 16.3. The predicted molar refractivity (Wildman–Crippen MR) is 512 cm³/mol. The van der Waals surface area contributed by atoms with Gasteiger partial charge in [0.2, 0.25) is 0 Å². The summed E-state index contributed by atoms with van der Waals surface area (Å²) in [7, 11) is 0. The van der Waals surface area contributed by atoms with Crippen molar-refractivity contribution in [3.63, 3.8) is 0 Å². The van der Waals surface area contributed by atoms with Crippen LogP contribution in [-0.4, -0.2) is 0 Å². The van der Waals surface area contributed by atoms with Gasteiger partial charge in [0.25, 0.3) is 0 Å². The molecule has 0 saturated heterocycles. The molecule has 0 spiro atoms. The van der Waals surface area contributed by atoms with Crippen LogP contribution in [0, 0.1) is 0 Å². The first-order valence-corrected chi connectivity index (χ1v) is 42.3. The summed E-state index contributed by atoms with van der Waals surface area (Å²) < 4.78 is 13.4. The van der Waals surface area contributed by atoms with Gasteiger partial charge in [-0.2, -0.15) is 0 Å². The molecular weight excluding hydrogens is 1450 g/mol. The number of para-hydroxylation sites is 4. The molecule has 0 N–H and O–H groups in total. The second kappa shape index (κ2) is 29.4. The Morgan fingerprint density at radius 1 is 0.217 bits per heavy atom. The van der Waals surface area contributed by atoms with Gasteiger partial charge in [-0.05, 0) is 227 Å². The van der Waals surface area contributed by atoms with Crippen molar-refractivity contribution in [2.24, 2.45) is 0 Å². The van der Waals surface area contributed by atoms with E-state index in [0.29, 0.717) is 0 Å². The van der Waals surface area contributed by atoms with Gasteiger partial charge in [-0.25, -0.2) is 0 Å². The van der Waals surface area contributed by atoms with Crippen molar-refractivity contribution >= 4 is 121 Å². The molecule has 0 atom stereocenters. The third-order valence-corrected chi connectivity index (χ3v) is 25.0. The van der Waals surface area contributed by atoms with Crippen LogP contribution in [0.25, 0.3) is 154 Å². The molecule has 20 rings (SSSR count). The number of nitrogens with zero attached hydrogens (tertiary/aromatic N) is 2. The van der Waals surface area contributed by atoms with Gasteiger partial charge in [0, 0.05) is 33.3 Å². The van der Waals surface area contributed by atoms with Crippen LogP contribution in [0.5, 0.6) is 0 Å². The van der Waals surface area contributed by atoms with Crippen LogP contribution in [0.1, 0.15) is 104 Å². The standard InChI is InChI=1S/C116H96N2O2/c1-113(2,3)83-66-81(67-84(71-83)114(4,5)6)93-47-24-33-77-35-27-50-98(109(77)93)96-42-15-19-52-102(96)118(104-54-30-58-108-112(104)100-44-17-21-56-106(100)120-108)88-39-22-37-80(70-88)91-46-28-38-79-65-74(59-64-92(79)91)73-116(10,11)86-69-82(68-85(72-86)115(7,8)9)94-48-25-34-78-36-26-49-97(110(78)94)95-41-14-18-51-101(95)117(103-53-29-57-107-111(103)99-43-16-20-55-105(99)119-107)87-62-60-76(61-63-87)90-45-23-32-75-31-12-13-40-89(75)90/h12-72H,73H2,1-11H3. The van der Waals surface area contributed by atoms with E-state index >= 15 is 0 Å². The van der Waals surface area contributed by atoms with Crippen LogP contribution in [0.4, 0.5) is 34.1 Å². The van der Waals surface area contributed by atoms with E-state index < -0.39 is 0 Å². The molecule has 582 valence electrons. The van der Waals surface area contributed by atoms with Crippen LogP contribution >= 0.6 is 0 Å². The Labute approximate surface area is 703 Å². The summed E-state index contributed by atoms with van der Waals surface area (Å²) in [5.74, 6) is 0. The Balaban J connectivity index is 0.673. The van der Waals surface area contributed by atoms with E-state index in [1.54, 1.807) is 0 Å². The second-order valence-electron chi connectivity index (χ2n) is 36.5. The van der Waals surface area contributed by atoms with Crippen molar-refractivity contribution in [1.29, 1.82) is 0 Å². The fraction of sp³-hybridized carbons (Fsp3) is 0.138. The highest BCUT2D eigenvalue weighted by Gasteiger charge is 2.31. The van der Waals surface area contributed by atoms with E-state index in [0.717, 1.165) is 112 Å². The first-order chi connectivity index (χ1) is 58.1. The normalized spacial score (nSPS) is 12.3. The van der Waals surface area contributed by atoms with Crippen LogP contribution in [0.2, 0.25) is 0 Å². The van der Waals surface area contributed by atoms with E-state index in [1.807, 2.05) is 0 Å². The minimum absolute atomic E-state index is 0.0505. The van der Waals surface area contributed by atoms with Crippen LogP contribution in [0.15, 0.2) is 379 Å². The third kappa shape index (κ3) is 13.5. The van der Waals surface area contributed by atoms with Gasteiger partial charge in [-0.15, -0.1) is 0 Å². The molecule has 0 bridgehead atoms. The minimum atomic E-state index is -0.290. The summed E-state index contributed by atoms with van der Waals surface area (Å²) in [4.78, 5) is 4.94. The largest absolute Gasteiger partial charge is 0.456 e. The lowest BCUT2D eigenvalue weighted by molar-refractivity contribution is 0.518. The Kier molecular flexibility index (Phi) is 18.4. The molecule has 18 aromatic carbocycles. The highest BCUT2D eigenvalue weighted by molar-refractivity contribution is 6.18. The van der Waals surface area contributed by atoms with Crippen molar-refractivity contribution in [2.45, 2.75) is 104 Å². The van der Waals surface area contributed by atoms with E-state index in [-0.39, 0.29) is 21.7 Å². The average Bonchev–Trinajstić information content (AvgIpc) is 1.23. The zero-order valence-corrected chi connectivity index (χ0v) is 70.1. The quantitative estimate of drug-likeness (QED) is 0.102. The Morgan fingerprint density at radius 2 is 0.592 bits per heavy atom. The summed E-state index contributed by atoms with van der Waals surface area (Å²) in [6, 6.07) is 138. The number of fused-ring (bicyclic) bond motifs is 10. The van der Waals surface area contributed by atoms with Gasteiger partial charge >= 0.3 is 0 Å². The van der Waals surface area contributed by atoms with Gasteiger partial charge in [0.1, 0.15) is 22.3 Å². The molecule has 0 unspecified atom stereocenters. The first-order valence-electron chi connectivity index (χ1n) is 42.3. The molecule has 20 aromatic rings. The van der Waals surface area contributed by atoms with Crippen molar-refractivity contribution in [3.8, 4) is 66.8 Å². The van der Waals surface area contributed by atoms with Gasteiger partial charge in [0.05, 0.1) is 33.5 Å². The van der Waals surface area contributed by atoms with Gasteiger partial charge < -0.3 is 18.6 Å². The third-order valence-electron chi connectivity index (χ3n) is 25.0. The summed E-state index contributed by atoms with van der Waals surface area (Å²) in [6.45, 7) is 25.9. The Morgan fingerprint density at radius 3 is 1.12 bits per heavy atom. The molecule has 0 saturated carbocycles. The summed E-state index contributed by atoms with van der Waals surface area (Å²) in [6.07, 6.45) is 0.823. The molecule has 2 aromatic heterocycles. The number of anilines is 6. The fourth-order valence-electron chi connectivity index (χ4n) is 18.7. The van der Waals surface area contributed by atoms with E-state index in [1.165, 1.54) is 110 Å². The predicted octanol–water partition coefficient (Wildman–Crippen LogP) is 33.5. The van der Waals surface area contributed by atoms with E-state index in [9.17, 15) is 0 Å². The summed E-state index contributed by atoms with van der Waals surface area (Å²) in [5.41, 5.74) is 29.8. The molecule has 0 aliphatic rings. The van der Waals surface area contributed by atoms with Gasteiger partial charge in [0.15, 0.2) is 0 Å². The van der Waals surface area contributed by atoms with E-state index in [2.05, 4.69) is 456 Å². The molecule has 2 heterocycles. The van der Waals surface area contributed by atoms with Crippen LogP contribution < -0.4 is 9.80 Å². The number of furan rings is 2. The fourth-order valence-corrected chi connectivity index (χ4v) is 18.7. The highest BCUT2D eigenvalue weighted by Crippen LogP contribution is 2.53. The molecular formula is C116H96N2O2. The molecule has 4 heteroatoms. The van der Waals surface area contributed by atoms with Crippen molar-refractivity contribution in [1.82, 2.24) is 0 Å². The molecule has 0 aliphatic heterocycles. The molecule has 120 heavy (non-hydrogen) atoms. The molecule has 0 fully saturated rings. The maximum Gasteiger partial charge on any atom is 0.137 e. The Bertz CT molecular complexity index is 7380. The number of hydrogen-bond donors (Lipinski definition) is 0. The minimum Gasteiger partial charge on any atom is -0.456 e. The topological polar surface area (TPSA) is 32.8 Å². The lowest BCUT2D eigenvalue weighted by atomic mass is 9.74. The Hall–Kier alpha value is -13.8. The van der Waals surface area contributed by atoms with Crippen molar-refractivity contribution < 1.29 is 8.83 Å². The first kappa shape index (κ1) is 75.0. The lowest BCUT2D eigenvalue weighted by Gasteiger charge is -2.30. The average molecular weight is 1550 g/mol.